The maximum atomic E-state index is 12.1. The number of ether oxygens (including phenoxy) is 1. The first kappa shape index (κ1) is 15.6. The molecule has 0 aliphatic heterocycles. The minimum absolute atomic E-state index is 0.117. The fourth-order valence-corrected chi connectivity index (χ4v) is 2.64. The lowest BCUT2D eigenvalue weighted by Gasteiger charge is -2.06. The molecule has 2 aromatic carbocycles. The molecule has 0 fully saturated rings. The summed E-state index contributed by atoms with van der Waals surface area (Å²) >= 11 is 3.38. The van der Waals surface area contributed by atoms with Gasteiger partial charge in [0.2, 0.25) is 5.91 Å². The van der Waals surface area contributed by atoms with Crippen LogP contribution in [0, 0.1) is 0 Å². The smallest absolute Gasteiger partial charge is 0.228 e. The van der Waals surface area contributed by atoms with Crippen molar-refractivity contribution in [3.05, 3.63) is 58.3 Å². The summed E-state index contributed by atoms with van der Waals surface area (Å²) in [6, 6.07) is 13.2. The Balaban J connectivity index is 1.64. The van der Waals surface area contributed by atoms with Crippen LogP contribution >= 0.6 is 15.9 Å². The number of nitrogens with one attached hydrogen (secondary N) is 1. The second-order valence-electron chi connectivity index (χ2n) is 5.07. The average molecular weight is 375 g/mol. The highest BCUT2D eigenvalue weighted by Crippen LogP contribution is 2.22. The van der Waals surface area contributed by atoms with E-state index in [9.17, 15) is 4.79 Å². The number of benzene rings is 2. The molecular weight excluding hydrogens is 360 g/mol. The summed E-state index contributed by atoms with van der Waals surface area (Å²) in [5.74, 6) is 1.22. The first-order valence-electron chi connectivity index (χ1n) is 7.09. The van der Waals surface area contributed by atoms with Gasteiger partial charge in [0.05, 0.1) is 13.5 Å². The van der Waals surface area contributed by atoms with E-state index in [2.05, 4.69) is 26.4 Å². The Hall–Kier alpha value is -2.34. The van der Waals surface area contributed by atoms with Crippen molar-refractivity contribution in [3.8, 4) is 5.75 Å². The third-order valence-electron chi connectivity index (χ3n) is 3.46. The van der Waals surface area contributed by atoms with E-state index in [1.165, 1.54) is 0 Å². The van der Waals surface area contributed by atoms with Crippen LogP contribution < -0.4 is 10.1 Å². The van der Waals surface area contributed by atoms with Crippen molar-refractivity contribution in [2.45, 2.75) is 13.0 Å². The Morgan fingerprint density at radius 3 is 3.00 bits per heavy atom. The van der Waals surface area contributed by atoms with Crippen LogP contribution in [0.5, 0.6) is 5.75 Å². The Morgan fingerprint density at radius 2 is 2.17 bits per heavy atom. The quantitative estimate of drug-likeness (QED) is 0.742. The molecule has 6 heteroatoms. The number of nitrogens with zero attached hydrogens (tertiary/aromatic N) is 1. The summed E-state index contributed by atoms with van der Waals surface area (Å²) < 4.78 is 11.4. The van der Waals surface area contributed by atoms with Crippen LogP contribution in [0.3, 0.4) is 0 Å². The van der Waals surface area contributed by atoms with Gasteiger partial charge in [0.15, 0.2) is 5.76 Å². The van der Waals surface area contributed by atoms with Gasteiger partial charge in [-0.2, -0.15) is 0 Å². The predicted molar refractivity (Wildman–Crippen MR) is 90.3 cm³/mol. The standard InChI is InChI=1S/C17H15BrN2O3/c1-22-13-4-2-3-11(7-13)10-19-17(21)9-16-14-6-5-12(18)8-15(14)20-23-16/h2-8H,9-10H2,1H3,(H,19,21). The van der Waals surface area contributed by atoms with Gasteiger partial charge in [-0.3, -0.25) is 4.79 Å². The number of carbonyl (C=O) groups excluding carboxylic acids is 1. The van der Waals surface area contributed by atoms with Crippen molar-refractivity contribution in [1.29, 1.82) is 0 Å². The minimum atomic E-state index is -0.117. The topological polar surface area (TPSA) is 64.4 Å². The predicted octanol–water partition coefficient (Wildman–Crippen LogP) is 3.46. The van der Waals surface area contributed by atoms with Gasteiger partial charge in [-0.15, -0.1) is 0 Å². The zero-order valence-electron chi connectivity index (χ0n) is 12.5. The molecule has 1 N–H and O–H groups in total. The molecule has 0 aliphatic carbocycles. The van der Waals surface area contributed by atoms with Gasteiger partial charge in [0.25, 0.3) is 0 Å². The van der Waals surface area contributed by atoms with E-state index in [-0.39, 0.29) is 12.3 Å². The fourth-order valence-electron chi connectivity index (χ4n) is 2.29. The molecule has 0 radical (unpaired) electrons. The minimum Gasteiger partial charge on any atom is -0.497 e. The van der Waals surface area contributed by atoms with Crippen LogP contribution in [0.15, 0.2) is 51.5 Å². The summed E-state index contributed by atoms with van der Waals surface area (Å²) in [5, 5.41) is 7.70. The van der Waals surface area contributed by atoms with Gasteiger partial charge in [0, 0.05) is 16.4 Å². The SMILES string of the molecule is COc1cccc(CNC(=O)Cc2onc3cc(Br)ccc23)c1. The van der Waals surface area contributed by atoms with Gasteiger partial charge in [0.1, 0.15) is 11.3 Å². The summed E-state index contributed by atoms with van der Waals surface area (Å²) in [6.07, 6.45) is 0.155. The van der Waals surface area contributed by atoms with E-state index < -0.39 is 0 Å². The van der Waals surface area contributed by atoms with E-state index in [0.717, 1.165) is 26.7 Å². The lowest BCUT2D eigenvalue weighted by atomic mass is 10.1. The molecule has 118 valence electrons. The highest BCUT2D eigenvalue weighted by atomic mass is 79.9. The molecule has 5 nitrogen and oxygen atoms in total. The molecule has 1 aromatic heterocycles. The second-order valence-corrected chi connectivity index (χ2v) is 5.99. The number of halogens is 1. The first-order chi connectivity index (χ1) is 11.2. The number of aromatic nitrogens is 1. The van der Waals surface area contributed by atoms with E-state index >= 15 is 0 Å². The Kier molecular flexibility index (Phi) is 4.62. The molecular formula is C17H15BrN2O3. The Labute approximate surface area is 141 Å². The maximum Gasteiger partial charge on any atom is 0.228 e. The van der Waals surface area contributed by atoms with E-state index in [1.54, 1.807) is 7.11 Å². The number of methoxy groups -OCH3 is 1. The van der Waals surface area contributed by atoms with Crippen molar-refractivity contribution in [2.24, 2.45) is 0 Å². The molecule has 0 bridgehead atoms. The summed E-state index contributed by atoms with van der Waals surface area (Å²) in [5.41, 5.74) is 1.71. The van der Waals surface area contributed by atoms with Crippen LogP contribution in [0.1, 0.15) is 11.3 Å². The largest absolute Gasteiger partial charge is 0.497 e. The number of amides is 1. The first-order valence-corrected chi connectivity index (χ1v) is 7.88. The van der Waals surface area contributed by atoms with Crippen molar-refractivity contribution in [3.63, 3.8) is 0 Å². The van der Waals surface area contributed by atoms with Crippen molar-refractivity contribution in [1.82, 2.24) is 10.5 Å². The third kappa shape index (κ3) is 3.71. The van der Waals surface area contributed by atoms with Gasteiger partial charge in [-0.1, -0.05) is 33.2 Å². The highest BCUT2D eigenvalue weighted by molar-refractivity contribution is 9.10. The molecule has 3 rings (SSSR count). The second kappa shape index (κ2) is 6.83. The molecule has 0 saturated heterocycles. The van der Waals surface area contributed by atoms with Crippen LogP contribution in [0.4, 0.5) is 0 Å². The van der Waals surface area contributed by atoms with Crippen LogP contribution in [0.25, 0.3) is 10.9 Å². The van der Waals surface area contributed by atoms with E-state index in [4.69, 9.17) is 9.26 Å². The molecule has 0 atom stereocenters. The lowest BCUT2D eigenvalue weighted by Crippen LogP contribution is -2.24. The van der Waals surface area contributed by atoms with Crippen LogP contribution in [0.2, 0.25) is 0 Å². The number of rotatable bonds is 5. The van der Waals surface area contributed by atoms with Gasteiger partial charge in [-0.25, -0.2) is 0 Å². The molecule has 0 saturated carbocycles. The Morgan fingerprint density at radius 1 is 1.30 bits per heavy atom. The summed E-state index contributed by atoms with van der Waals surface area (Å²) in [4.78, 5) is 12.1. The number of hydrogen-bond donors (Lipinski definition) is 1. The van der Waals surface area contributed by atoms with Crippen LogP contribution in [-0.4, -0.2) is 18.2 Å². The molecule has 0 spiro atoms. The third-order valence-corrected chi connectivity index (χ3v) is 3.95. The lowest BCUT2D eigenvalue weighted by molar-refractivity contribution is -0.120. The van der Waals surface area contributed by atoms with Gasteiger partial charge < -0.3 is 14.6 Å². The normalized spacial score (nSPS) is 10.7. The molecule has 23 heavy (non-hydrogen) atoms. The van der Waals surface area contributed by atoms with E-state index in [0.29, 0.717) is 12.3 Å². The zero-order chi connectivity index (χ0) is 16.2. The van der Waals surface area contributed by atoms with Gasteiger partial charge in [-0.05, 0) is 35.9 Å². The molecule has 0 unspecified atom stereocenters. The highest BCUT2D eigenvalue weighted by Gasteiger charge is 2.13. The summed E-state index contributed by atoms with van der Waals surface area (Å²) in [7, 11) is 1.62. The Bertz CT molecular complexity index is 845. The number of fused-ring (bicyclic) bond motifs is 1. The molecule has 1 heterocycles. The van der Waals surface area contributed by atoms with E-state index in [1.807, 2.05) is 42.5 Å². The van der Waals surface area contributed by atoms with Crippen molar-refractivity contribution in [2.75, 3.05) is 7.11 Å². The van der Waals surface area contributed by atoms with Gasteiger partial charge >= 0.3 is 0 Å². The zero-order valence-corrected chi connectivity index (χ0v) is 14.1. The molecule has 3 aromatic rings. The molecule has 1 amide bonds. The van der Waals surface area contributed by atoms with Crippen molar-refractivity contribution >= 4 is 32.7 Å². The number of carbonyl (C=O) groups is 1. The van der Waals surface area contributed by atoms with Crippen molar-refractivity contribution < 1.29 is 14.1 Å². The monoisotopic (exact) mass is 374 g/mol. The maximum absolute atomic E-state index is 12.1. The summed E-state index contributed by atoms with van der Waals surface area (Å²) in [6.45, 7) is 0.438. The fraction of sp³-hybridized carbons (Fsp3) is 0.176. The molecule has 0 aliphatic rings. The average Bonchev–Trinajstić information content (AvgIpc) is 2.95. The number of hydrogen-bond acceptors (Lipinski definition) is 4. The van der Waals surface area contributed by atoms with Crippen LogP contribution in [-0.2, 0) is 17.8 Å².